The zero-order valence-electron chi connectivity index (χ0n) is 15.1. The Kier molecular flexibility index (Phi) is 4.79. The highest BCUT2D eigenvalue weighted by Gasteiger charge is 2.56. The summed E-state index contributed by atoms with van der Waals surface area (Å²) >= 11 is 0. The van der Waals surface area contributed by atoms with Gasteiger partial charge in [0.25, 0.3) is 11.8 Å². The molecule has 0 spiro atoms. The van der Waals surface area contributed by atoms with Crippen LogP contribution in [0.3, 0.4) is 0 Å². The molecular formula is C15H26N6O4. The fourth-order valence-corrected chi connectivity index (χ4v) is 3.10. The van der Waals surface area contributed by atoms with Gasteiger partial charge in [-0.25, -0.2) is 9.59 Å². The molecule has 4 N–H and O–H groups in total. The van der Waals surface area contributed by atoms with Crippen LogP contribution in [0.25, 0.3) is 0 Å². The van der Waals surface area contributed by atoms with Gasteiger partial charge in [0.05, 0.1) is 0 Å². The molecule has 0 aromatic rings. The summed E-state index contributed by atoms with van der Waals surface area (Å²) in [5, 5.41) is 0. The standard InChI is InChI=1S/C15H26N6O4/c1-14(2)10(22)18(7-5-16)12(24)20(14)9-21-13(25)19(8-6-17)11(23)15(21,3)4/h5-9,16-17H2,1-4H3. The third-order valence-corrected chi connectivity index (χ3v) is 4.80. The molecule has 2 aliphatic rings. The number of amides is 6. The topological polar surface area (TPSA) is 133 Å². The van der Waals surface area contributed by atoms with Crippen molar-refractivity contribution in [1.29, 1.82) is 0 Å². The van der Waals surface area contributed by atoms with Crippen LogP contribution in [0, 0.1) is 0 Å². The van der Waals surface area contributed by atoms with Crippen molar-refractivity contribution in [2.24, 2.45) is 11.5 Å². The Hall–Kier alpha value is -2.20. The van der Waals surface area contributed by atoms with Gasteiger partial charge >= 0.3 is 12.1 Å². The summed E-state index contributed by atoms with van der Waals surface area (Å²) in [5.74, 6) is -0.755. The third-order valence-electron chi connectivity index (χ3n) is 4.80. The van der Waals surface area contributed by atoms with Crippen molar-refractivity contribution >= 4 is 23.9 Å². The van der Waals surface area contributed by atoms with Crippen molar-refractivity contribution in [3.63, 3.8) is 0 Å². The lowest BCUT2D eigenvalue weighted by Gasteiger charge is -2.36. The molecule has 2 fully saturated rings. The SMILES string of the molecule is CC1(C)C(=O)N(CCN)C(=O)N1CN1C(=O)N(CCN)C(=O)C1(C)C. The Balaban J connectivity index is 2.31. The molecule has 6 amide bonds. The molecule has 2 heterocycles. The lowest BCUT2D eigenvalue weighted by molar-refractivity contribution is -0.133. The largest absolute Gasteiger partial charge is 0.329 e. The number of nitrogens with two attached hydrogens (primary N) is 2. The Bertz CT molecular complexity index is 565. The van der Waals surface area contributed by atoms with Gasteiger partial charge in [-0.3, -0.25) is 29.2 Å². The minimum Gasteiger partial charge on any atom is -0.329 e. The van der Waals surface area contributed by atoms with Gasteiger partial charge in [-0.15, -0.1) is 0 Å². The Labute approximate surface area is 146 Å². The zero-order chi connectivity index (χ0) is 19.2. The molecule has 0 aromatic carbocycles. The number of imide groups is 2. The summed E-state index contributed by atoms with van der Waals surface area (Å²) in [6, 6.07) is -1.04. The van der Waals surface area contributed by atoms with Crippen LogP contribution in [0.5, 0.6) is 0 Å². The molecule has 25 heavy (non-hydrogen) atoms. The minimum absolute atomic E-state index is 0.104. The second-order valence-electron chi connectivity index (χ2n) is 7.17. The van der Waals surface area contributed by atoms with E-state index in [1.54, 1.807) is 27.7 Å². The average molecular weight is 354 g/mol. The Morgan fingerprint density at radius 2 is 1.04 bits per heavy atom. The molecule has 0 saturated carbocycles. The normalized spacial score (nSPS) is 22.6. The second-order valence-corrected chi connectivity index (χ2v) is 7.17. The first-order chi connectivity index (χ1) is 11.5. The summed E-state index contributed by atoms with van der Waals surface area (Å²) in [7, 11) is 0. The van der Waals surface area contributed by atoms with Gasteiger partial charge in [-0.05, 0) is 27.7 Å². The van der Waals surface area contributed by atoms with Crippen LogP contribution in [0.4, 0.5) is 9.59 Å². The Morgan fingerprint density at radius 3 is 1.32 bits per heavy atom. The molecule has 0 aromatic heterocycles. The fourth-order valence-electron chi connectivity index (χ4n) is 3.10. The summed E-state index contributed by atoms with van der Waals surface area (Å²) in [6.07, 6.45) is 0. The summed E-state index contributed by atoms with van der Waals surface area (Å²) in [5.41, 5.74) is 8.68. The van der Waals surface area contributed by atoms with Crippen molar-refractivity contribution < 1.29 is 19.2 Å². The molecular weight excluding hydrogens is 328 g/mol. The van der Waals surface area contributed by atoms with Crippen molar-refractivity contribution in [3.8, 4) is 0 Å². The van der Waals surface area contributed by atoms with Crippen molar-refractivity contribution in [1.82, 2.24) is 19.6 Å². The van der Waals surface area contributed by atoms with Crippen LogP contribution >= 0.6 is 0 Å². The summed E-state index contributed by atoms with van der Waals surface area (Å²) < 4.78 is 0. The van der Waals surface area contributed by atoms with Gasteiger partial charge in [-0.2, -0.15) is 0 Å². The average Bonchev–Trinajstić information content (AvgIpc) is 2.79. The number of rotatable bonds is 6. The van der Waals surface area contributed by atoms with Gasteiger partial charge in [-0.1, -0.05) is 0 Å². The first-order valence-corrected chi connectivity index (χ1v) is 8.19. The molecule has 2 saturated heterocycles. The van der Waals surface area contributed by atoms with E-state index < -0.39 is 23.1 Å². The van der Waals surface area contributed by atoms with E-state index in [1.807, 2.05) is 0 Å². The van der Waals surface area contributed by atoms with E-state index in [2.05, 4.69) is 0 Å². The lowest BCUT2D eigenvalue weighted by Crippen LogP contribution is -2.55. The van der Waals surface area contributed by atoms with E-state index in [9.17, 15) is 19.2 Å². The number of carbonyl (C=O) groups excluding carboxylic acids is 4. The van der Waals surface area contributed by atoms with Gasteiger partial charge in [0.1, 0.15) is 17.7 Å². The summed E-state index contributed by atoms with van der Waals surface area (Å²) in [4.78, 5) is 55.0. The highest BCUT2D eigenvalue weighted by Crippen LogP contribution is 2.32. The first kappa shape index (κ1) is 19.1. The molecule has 140 valence electrons. The quantitative estimate of drug-likeness (QED) is 0.585. The van der Waals surface area contributed by atoms with Gasteiger partial charge in [0.2, 0.25) is 0 Å². The van der Waals surface area contributed by atoms with Crippen LogP contribution in [-0.4, -0.2) is 87.4 Å². The van der Waals surface area contributed by atoms with E-state index in [4.69, 9.17) is 11.5 Å². The second kappa shape index (κ2) is 6.26. The molecule has 0 bridgehead atoms. The lowest BCUT2D eigenvalue weighted by atomic mass is 10.0. The van der Waals surface area contributed by atoms with Gasteiger partial charge in [0, 0.05) is 26.2 Å². The molecule has 0 atom stereocenters. The van der Waals surface area contributed by atoms with Crippen molar-refractivity contribution in [2.75, 3.05) is 32.8 Å². The molecule has 0 unspecified atom stereocenters. The predicted molar refractivity (Wildman–Crippen MR) is 89.0 cm³/mol. The Morgan fingerprint density at radius 1 is 0.720 bits per heavy atom. The number of hydrogen-bond acceptors (Lipinski definition) is 6. The first-order valence-electron chi connectivity index (χ1n) is 8.19. The van der Waals surface area contributed by atoms with Crippen LogP contribution < -0.4 is 11.5 Å². The van der Waals surface area contributed by atoms with E-state index >= 15 is 0 Å². The predicted octanol–water partition coefficient (Wildman–Crippen LogP) is -1.05. The summed E-state index contributed by atoms with van der Waals surface area (Å²) in [6.45, 7) is 6.77. The van der Waals surface area contributed by atoms with Crippen LogP contribution in [-0.2, 0) is 9.59 Å². The number of urea groups is 2. The van der Waals surface area contributed by atoms with Crippen LogP contribution in [0.2, 0.25) is 0 Å². The smallest absolute Gasteiger partial charge is 0.329 e. The maximum absolute atomic E-state index is 12.6. The highest BCUT2D eigenvalue weighted by atomic mass is 16.2. The van der Waals surface area contributed by atoms with Crippen LogP contribution in [0.1, 0.15) is 27.7 Å². The molecule has 10 nitrogen and oxygen atoms in total. The molecule has 10 heteroatoms. The number of nitrogens with zero attached hydrogens (tertiary/aromatic N) is 4. The van der Waals surface area contributed by atoms with Crippen molar-refractivity contribution in [3.05, 3.63) is 0 Å². The third kappa shape index (κ3) is 2.74. The van der Waals surface area contributed by atoms with Crippen LogP contribution in [0.15, 0.2) is 0 Å². The minimum atomic E-state index is -1.13. The molecule has 0 radical (unpaired) electrons. The maximum Gasteiger partial charge on any atom is 0.329 e. The maximum atomic E-state index is 12.6. The van der Waals surface area contributed by atoms with E-state index in [0.717, 1.165) is 9.80 Å². The number of carbonyl (C=O) groups is 4. The van der Waals surface area contributed by atoms with E-state index in [1.165, 1.54) is 9.80 Å². The zero-order valence-corrected chi connectivity index (χ0v) is 15.1. The number of hydrogen-bond donors (Lipinski definition) is 2. The fraction of sp³-hybridized carbons (Fsp3) is 0.733. The van der Waals surface area contributed by atoms with Crippen molar-refractivity contribution in [2.45, 2.75) is 38.8 Å². The van der Waals surface area contributed by atoms with Gasteiger partial charge < -0.3 is 11.5 Å². The van der Waals surface area contributed by atoms with Gasteiger partial charge in [0.15, 0.2) is 0 Å². The molecule has 2 rings (SSSR count). The highest BCUT2D eigenvalue weighted by molar-refractivity contribution is 6.08. The molecule has 2 aliphatic heterocycles. The molecule has 0 aliphatic carbocycles. The van der Waals surface area contributed by atoms with E-state index in [-0.39, 0.29) is 44.7 Å². The monoisotopic (exact) mass is 354 g/mol. The van der Waals surface area contributed by atoms with E-state index in [0.29, 0.717) is 0 Å².